The summed E-state index contributed by atoms with van der Waals surface area (Å²) in [6.45, 7) is 2.34. The summed E-state index contributed by atoms with van der Waals surface area (Å²) in [6.07, 6.45) is 0.718. The Labute approximate surface area is 123 Å². The molecule has 1 saturated heterocycles. The lowest BCUT2D eigenvalue weighted by Crippen LogP contribution is -2.41. The molecule has 0 aromatic heterocycles. The predicted molar refractivity (Wildman–Crippen MR) is 75.0 cm³/mol. The molecule has 0 spiro atoms. The van der Waals surface area contributed by atoms with Crippen LogP contribution in [0.1, 0.15) is 25.3 Å². The van der Waals surface area contributed by atoms with Crippen LogP contribution in [0.5, 0.6) is 0 Å². The van der Waals surface area contributed by atoms with Crippen LogP contribution in [0.15, 0.2) is 18.2 Å². The van der Waals surface area contributed by atoms with Crippen molar-refractivity contribution in [3.8, 4) is 0 Å². The van der Waals surface area contributed by atoms with E-state index in [-0.39, 0.29) is 11.5 Å². The van der Waals surface area contributed by atoms with Crippen LogP contribution >= 0.6 is 0 Å². The second-order valence-electron chi connectivity index (χ2n) is 5.47. The second kappa shape index (κ2) is 6.37. The maximum Gasteiger partial charge on any atom is 0.218 e. The summed E-state index contributed by atoms with van der Waals surface area (Å²) in [5, 5.41) is 9.51. The minimum atomic E-state index is -3.63. The molecular weight excluding hydrogens is 300 g/mol. The molecule has 0 amide bonds. The molecule has 0 radical (unpaired) electrons. The summed E-state index contributed by atoms with van der Waals surface area (Å²) < 4.78 is 52.2. The molecule has 0 bridgehead atoms. The van der Waals surface area contributed by atoms with Gasteiger partial charge >= 0.3 is 0 Å². The Kier molecular flexibility index (Phi) is 4.95. The Morgan fingerprint density at radius 1 is 1.33 bits per heavy atom. The van der Waals surface area contributed by atoms with Crippen molar-refractivity contribution in [3.05, 3.63) is 35.4 Å². The monoisotopic (exact) mass is 319 g/mol. The highest BCUT2D eigenvalue weighted by Gasteiger charge is 2.30. The molecule has 0 saturated carbocycles. The van der Waals surface area contributed by atoms with Gasteiger partial charge in [-0.2, -0.15) is 0 Å². The SMILES string of the molecule is CC(O)C1CCN(S(=O)(=O)Cc2ccc(F)cc2F)CC1. The van der Waals surface area contributed by atoms with Crippen LogP contribution in [-0.2, 0) is 15.8 Å². The summed E-state index contributed by atoms with van der Waals surface area (Å²) >= 11 is 0. The average Bonchev–Trinajstić information content (AvgIpc) is 2.42. The molecule has 1 N–H and O–H groups in total. The Morgan fingerprint density at radius 2 is 1.95 bits per heavy atom. The first-order valence-corrected chi connectivity index (χ1v) is 8.50. The van der Waals surface area contributed by atoms with E-state index in [4.69, 9.17) is 0 Å². The van der Waals surface area contributed by atoms with Crippen molar-refractivity contribution < 1.29 is 22.3 Å². The molecule has 2 rings (SSSR count). The van der Waals surface area contributed by atoms with Crippen LogP contribution in [-0.4, -0.2) is 37.0 Å². The zero-order chi connectivity index (χ0) is 15.6. The molecular formula is C14H19F2NO3S. The van der Waals surface area contributed by atoms with Gasteiger partial charge in [0.15, 0.2) is 0 Å². The van der Waals surface area contributed by atoms with Crippen molar-refractivity contribution in [2.75, 3.05) is 13.1 Å². The number of sulfonamides is 1. The van der Waals surface area contributed by atoms with Crippen molar-refractivity contribution in [3.63, 3.8) is 0 Å². The molecule has 7 heteroatoms. The fraction of sp³-hybridized carbons (Fsp3) is 0.571. The maximum atomic E-state index is 13.6. The number of piperidine rings is 1. The summed E-state index contributed by atoms with van der Waals surface area (Å²) in [6, 6.07) is 2.89. The van der Waals surface area contributed by atoms with E-state index in [1.165, 1.54) is 4.31 Å². The van der Waals surface area contributed by atoms with E-state index in [0.717, 1.165) is 12.1 Å². The molecule has 1 unspecified atom stereocenters. The fourth-order valence-electron chi connectivity index (χ4n) is 2.56. The van der Waals surface area contributed by atoms with Crippen molar-refractivity contribution in [2.45, 2.75) is 31.6 Å². The average molecular weight is 319 g/mol. The quantitative estimate of drug-likeness (QED) is 0.922. The van der Waals surface area contributed by atoms with E-state index >= 15 is 0 Å². The lowest BCUT2D eigenvalue weighted by molar-refractivity contribution is 0.0911. The van der Waals surface area contributed by atoms with Crippen LogP contribution in [0.3, 0.4) is 0 Å². The van der Waals surface area contributed by atoms with Crippen molar-refractivity contribution >= 4 is 10.0 Å². The lowest BCUT2D eigenvalue weighted by atomic mass is 9.93. The van der Waals surface area contributed by atoms with Crippen molar-refractivity contribution in [2.24, 2.45) is 5.92 Å². The van der Waals surface area contributed by atoms with Crippen LogP contribution in [0.2, 0.25) is 0 Å². The van der Waals surface area contributed by atoms with Gasteiger partial charge in [0, 0.05) is 24.7 Å². The number of nitrogens with zero attached hydrogens (tertiary/aromatic N) is 1. The van der Waals surface area contributed by atoms with Gasteiger partial charge in [0.25, 0.3) is 0 Å². The minimum Gasteiger partial charge on any atom is -0.393 e. The van der Waals surface area contributed by atoms with Gasteiger partial charge in [-0.15, -0.1) is 0 Å². The van der Waals surface area contributed by atoms with E-state index in [1.807, 2.05) is 0 Å². The summed E-state index contributed by atoms with van der Waals surface area (Å²) in [7, 11) is -3.63. The molecule has 1 fully saturated rings. The van der Waals surface area contributed by atoms with E-state index < -0.39 is 33.5 Å². The summed E-state index contributed by atoms with van der Waals surface area (Å²) in [5.74, 6) is -1.96. The topological polar surface area (TPSA) is 57.6 Å². The van der Waals surface area contributed by atoms with Crippen LogP contribution in [0.25, 0.3) is 0 Å². The van der Waals surface area contributed by atoms with Gasteiger partial charge in [-0.1, -0.05) is 6.07 Å². The van der Waals surface area contributed by atoms with Gasteiger partial charge in [-0.05, 0) is 31.7 Å². The molecule has 1 aliphatic rings. The molecule has 1 heterocycles. The Balaban J connectivity index is 2.06. The molecule has 0 aliphatic carbocycles. The van der Waals surface area contributed by atoms with Crippen molar-refractivity contribution in [1.29, 1.82) is 0 Å². The normalized spacial score (nSPS) is 19.6. The van der Waals surface area contributed by atoms with Gasteiger partial charge in [-0.3, -0.25) is 0 Å². The Bertz CT molecular complexity index is 596. The lowest BCUT2D eigenvalue weighted by Gasteiger charge is -2.32. The van der Waals surface area contributed by atoms with Gasteiger partial charge in [0.05, 0.1) is 11.9 Å². The number of hydrogen-bond donors (Lipinski definition) is 1. The Hall–Kier alpha value is -1.05. The first-order chi connectivity index (χ1) is 9.79. The fourth-order valence-corrected chi connectivity index (χ4v) is 4.14. The van der Waals surface area contributed by atoms with Crippen LogP contribution in [0.4, 0.5) is 8.78 Å². The number of aliphatic hydroxyl groups is 1. The first-order valence-electron chi connectivity index (χ1n) is 6.89. The molecule has 4 nitrogen and oxygen atoms in total. The van der Waals surface area contributed by atoms with Gasteiger partial charge in [0.2, 0.25) is 10.0 Å². The van der Waals surface area contributed by atoms with Gasteiger partial charge < -0.3 is 5.11 Å². The number of rotatable bonds is 4. The smallest absolute Gasteiger partial charge is 0.218 e. The zero-order valence-electron chi connectivity index (χ0n) is 11.8. The maximum absolute atomic E-state index is 13.6. The van der Waals surface area contributed by atoms with Crippen molar-refractivity contribution in [1.82, 2.24) is 4.31 Å². The number of halogens is 2. The Morgan fingerprint density at radius 3 is 2.48 bits per heavy atom. The molecule has 1 aromatic carbocycles. The van der Waals surface area contributed by atoms with Crippen LogP contribution in [0, 0.1) is 17.6 Å². The first kappa shape index (κ1) is 16.3. The number of benzene rings is 1. The zero-order valence-corrected chi connectivity index (χ0v) is 12.6. The second-order valence-corrected chi connectivity index (χ2v) is 7.44. The van der Waals surface area contributed by atoms with Gasteiger partial charge in [-0.25, -0.2) is 21.5 Å². The minimum absolute atomic E-state index is 0.0333. The number of aliphatic hydroxyl groups excluding tert-OH is 1. The predicted octanol–water partition coefficient (Wildman–Crippen LogP) is 1.89. The molecule has 21 heavy (non-hydrogen) atoms. The van der Waals surface area contributed by atoms with E-state index in [2.05, 4.69) is 0 Å². The summed E-state index contributed by atoms with van der Waals surface area (Å²) in [5.41, 5.74) is -0.0333. The molecule has 118 valence electrons. The molecule has 1 aliphatic heterocycles. The van der Waals surface area contributed by atoms with Crippen LogP contribution < -0.4 is 0 Å². The molecule has 1 aromatic rings. The highest BCUT2D eigenvalue weighted by molar-refractivity contribution is 7.88. The largest absolute Gasteiger partial charge is 0.393 e. The summed E-state index contributed by atoms with van der Waals surface area (Å²) in [4.78, 5) is 0. The van der Waals surface area contributed by atoms with E-state index in [0.29, 0.717) is 32.0 Å². The third kappa shape index (κ3) is 3.99. The number of hydrogen-bond acceptors (Lipinski definition) is 3. The van der Waals surface area contributed by atoms with Gasteiger partial charge in [0.1, 0.15) is 11.6 Å². The standard InChI is InChI=1S/C14H19F2NO3S/c1-10(18)11-4-6-17(7-5-11)21(19,20)9-12-2-3-13(15)8-14(12)16/h2-3,8,10-11,18H,4-7,9H2,1H3. The highest BCUT2D eigenvalue weighted by Crippen LogP contribution is 2.24. The third-order valence-electron chi connectivity index (χ3n) is 3.93. The molecule has 1 atom stereocenters. The highest BCUT2D eigenvalue weighted by atomic mass is 32.2. The van der Waals surface area contributed by atoms with E-state index in [9.17, 15) is 22.3 Å². The third-order valence-corrected chi connectivity index (χ3v) is 5.75. The van der Waals surface area contributed by atoms with E-state index in [1.54, 1.807) is 6.92 Å².